The number of carbonyl (C=O) groups is 1. The Morgan fingerprint density at radius 1 is 0.964 bits per heavy atom. The maximum Gasteiger partial charge on any atom is 0.246 e. The molecule has 3 heterocycles. The lowest BCUT2D eigenvalue weighted by atomic mass is 9.93. The SMILES string of the molecule is O=C(/C=C/c1ccncc1)N1CCC(c2ccnc(-c3ccccc3)n2)CC1. The quantitative estimate of drug-likeness (QED) is 0.652. The average Bonchev–Trinajstić information content (AvgIpc) is 2.79. The first-order chi connectivity index (χ1) is 13.8. The van der Waals surface area contributed by atoms with Crippen LogP contribution in [0.5, 0.6) is 0 Å². The lowest BCUT2D eigenvalue weighted by molar-refractivity contribution is -0.126. The number of hydrogen-bond acceptors (Lipinski definition) is 4. The van der Waals surface area contributed by atoms with E-state index < -0.39 is 0 Å². The molecule has 5 nitrogen and oxygen atoms in total. The summed E-state index contributed by atoms with van der Waals surface area (Å²) in [5.74, 6) is 1.18. The zero-order valence-electron chi connectivity index (χ0n) is 15.6. The third-order valence-electron chi connectivity index (χ3n) is 5.06. The third-order valence-corrected chi connectivity index (χ3v) is 5.06. The molecule has 0 atom stereocenters. The number of piperidine rings is 1. The number of rotatable bonds is 4. The molecule has 140 valence electrons. The molecule has 1 aliphatic heterocycles. The van der Waals surface area contributed by atoms with Crippen molar-refractivity contribution in [3.8, 4) is 11.4 Å². The summed E-state index contributed by atoms with van der Waals surface area (Å²) >= 11 is 0. The molecule has 1 fully saturated rings. The molecule has 2 aromatic heterocycles. The van der Waals surface area contributed by atoms with E-state index in [4.69, 9.17) is 4.98 Å². The van der Waals surface area contributed by atoms with Crippen LogP contribution < -0.4 is 0 Å². The number of nitrogens with zero attached hydrogens (tertiary/aromatic N) is 4. The molecule has 4 rings (SSSR count). The molecule has 1 amide bonds. The first-order valence-electron chi connectivity index (χ1n) is 9.55. The van der Waals surface area contributed by atoms with Crippen molar-refractivity contribution in [2.45, 2.75) is 18.8 Å². The van der Waals surface area contributed by atoms with E-state index in [-0.39, 0.29) is 5.91 Å². The van der Waals surface area contributed by atoms with E-state index >= 15 is 0 Å². The molecule has 0 N–H and O–H groups in total. The fourth-order valence-electron chi connectivity index (χ4n) is 3.47. The van der Waals surface area contributed by atoms with Crippen LogP contribution in [0.1, 0.15) is 30.0 Å². The summed E-state index contributed by atoms with van der Waals surface area (Å²) in [6.45, 7) is 1.49. The zero-order valence-corrected chi connectivity index (χ0v) is 15.6. The molecule has 28 heavy (non-hydrogen) atoms. The second-order valence-corrected chi connectivity index (χ2v) is 6.88. The lowest BCUT2D eigenvalue weighted by Crippen LogP contribution is -2.37. The van der Waals surface area contributed by atoms with Gasteiger partial charge in [0, 0.05) is 54.9 Å². The zero-order chi connectivity index (χ0) is 19.2. The van der Waals surface area contributed by atoms with Gasteiger partial charge in [-0.3, -0.25) is 9.78 Å². The molecule has 5 heteroatoms. The van der Waals surface area contributed by atoms with Gasteiger partial charge in [-0.05, 0) is 42.7 Å². The minimum absolute atomic E-state index is 0.0583. The third kappa shape index (κ3) is 4.31. The lowest BCUT2D eigenvalue weighted by Gasteiger charge is -2.31. The van der Waals surface area contributed by atoms with Crippen LogP contribution >= 0.6 is 0 Å². The number of hydrogen-bond donors (Lipinski definition) is 0. The summed E-state index contributed by atoms with van der Waals surface area (Å²) in [6.07, 6.45) is 10.6. The highest BCUT2D eigenvalue weighted by Gasteiger charge is 2.24. The predicted molar refractivity (Wildman–Crippen MR) is 109 cm³/mol. The maximum absolute atomic E-state index is 12.5. The smallest absolute Gasteiger partial charge is 0.246 e. The molecule has 0 spiro atoms. The van der Waals surface area contributed by atoms with Gasteiger partial charge >= 0.3 is 0 Å². The number of amides is 1. The summed E-state index contributed by atoms with van der Waals surface area (Å²) in [6, 6.07) is 15.8. The molecule has 0 bridgehead atoms. The van der Waals surface area contributed by atoms with Gasteiger partial charge in [0.15, 0.2) is 5.82 Å². The fraction of sp³-hybridized carbons (Fsp3) is 0.217. The molecule has 1 aliphatic rings. The Morgan fingerprint density at radius 3 is 2.46 bits per heavy atom. The van der Waals surface area contributed by atoms with Crippen LogP contribution in [-0.2, 0) is 4.79 Å². The highest BCUT2D eigenvalue weighted by molar-refractivity contribution is 5.91. The minimum atomic E-state index is 0.0583. The van der Waals surface area contributed by atoms with E-state index in [2.05, 4.69) is 9.97 Å². The van der Waals surface area contributed by atoms with Gasteiger partial charge in [-0.25, -0.2) is 9.97 Å². The fourth-order valence-corrected chi connectivity index (χ4v) is 3.47. The molecule has 0 radical (unpaired) electrons. The van der Waals surface area contributed by atoms with Crippen molar-refractivity contribution in [2.24, 2.45) is 0 Å². The molecule has 0 saturated carbocycles. The summed E-state index contributed by atoms with van der Waals surface area (Å²) in [5, 5.41) is 0. The van der Waals surface area contributed by atoms with Crippen molar-refractivity contribution in [3.05, 3.63) is 84.5 Å². The highest BCUT2D eigenvalue weighted by Crippen LogP contribution is 2.28. The van der Waals surface area contributed by atoms with Gasteiger partial charge in [-0.2, -0.15) is 0 Å². The topological polar surface area (TPSA) is 59.0 Å². The number of likely N-dealkylation sites (tertiary alicyclic amines) is 1. The van der Waals surface area contributed by atoms with E-state index in [0.717, 1.165) is 48.6 Å². The Labute approximate surface area is 164 Å². The van der Waals surface area contributed by atoms with Crippen molar-refractivity contribution >= 4 is 12.0 Å². The van der Waals surface area contributed by atoms with Crippen molar-refractivity contribution in [1.29, 1.82) is 0 Å². The largest absolute Gasteiger partial charge is 0.339 e. The van der Waals surface area contributed by atoms with E-state index in [9.17, 15) is 4.79 Å². The summed E-state index contributed by atoms with van der Waals surface area (Å²) in [5.41, 5.74) is 3.07. The summed E-state index contributed by atoms with van der Waals surface area (Å²) in [7, 11) is 0. The second kappa shape index (κ2) is 8.57. The molecule has 3 aromatic rings. The summed E-state index contributed by atoms with van der Waals surface area (Å²) in [4.78, 5) is 27.5. The van der Waals surface area contributed by atoms with Gasteiger partial charge in [0.1, 0.15) is 0 Å². The van der Waals surface area contributed by atoms with Crippen molar-refractivity contribution in [1.82, 2.24) is 19.9 Å². The Kier molecular flexibility index (Phi) is 5.52. The Hall–Kier alpha value is -3.34. The number of carbonyl (C=O) groups excluding carboxylic acids is 1. The van der Waals surface area contributed by atoms with Crippen LogP contribution in [0.2, 0.25) is 0 Å². The van der Waals surface area contributed by atoms with Gasteiger partial charge in [0.25, 0.3) is 0 Å². The second-order valence-electron chi connectivity index (χ2n) is 6.88. The van der Waals surface area contributed by atoms with E-state index in [1.165, 1.54) is 0 Å². The van der Waals surface area contributed by atoms with Gasteiger partial charge in [0.05, 0.1) is 0 Å². The van der Waals surface area contributed by atoms with Gasteiger partial charge in [0.2, 0.25) is 5.91 Å². The molecule has 0 unspecified atom stereocenters. The van der Waals surface area contributed by atoms with E-state index in [1.807, 2.05) is 65.7 Å². The van der Waals surface area contributed by atoms with E-state index in [0.29, 0.717) is 5.92 Å². The van der Waals surface area contributed by atoms with Gasteiger partial charge < -0.3 is 4.90 Å². The molecule has 1 saturated heterocycles. The van der Waals surface area contributed by atoms with Crippen molar-refractivity contribution in [3.63, 3.8) is 0 Å². The Bertz CT molecular complexity index is 949. The summed E-state index contributed by atoms with van der Waals surface area (Å²) < 4.78 is 0. The Balaban J connectivity index is 1.38. The Morgan fingerprint density at radius 2 is 1.71 bits per heavy atom. The highest BCUT2D eigenvalue weighted by atomic mass is 16.2. The van der Waals surface area contributed by atoms with Crippen LogP contribution in [0.15, 0.2) is 73.2 Å². The monoisotopic (exact) mass is 370 g/mol. The maximum atomic E-state index is 12.5. The predicted octanol–water partition coefficient (Wildman–Crippen LogP) is 3.96. The van der Waals surface area contributed by atoms with Crippen LogP contribution in [0.3, 0.4) is 0 Å². The van der Waals surface area contributed by atoms with Crippen molar-refractivity contribution < 1.29 is 4.79 Å². The first kappa shape index (κ1) is 18.0. The van der Waals surface area contributed by atoms with Gasteiger partial charge in [-0.1, -0.05) is 30.3 Å². The average molecular weight is 370 g/mol. The number of benzene rings is 1. The van der Waals surface area contributed by atoms with Crippen LogP contribution in [0.4, 0.5) is 0 Å². The van der Waals surface area contributed by atoms with E-state index in [1.54, 1.807) is 18.5 Å². The minimum Gasteiger partial charge on any atom is -0.339 e. The number of pyridine rings is 1. The standard InChI is InChI=1S/C23H22N4O/c28-22(7-6-18-8-13-24-14-9-18)27-16-11-19(12-17-27)21-10-15-25-23(26-21)20-4-2-1-3-5-20/h1-10,13-15,19H,11-12,16-17H2/b7-6+. The van der Waals surface area contributed by atoms with Crippen LogP contribution in [0, 0.1) is 0 Å². The number of aromatic nitrogens is 3. The molecular weight excluding hydrogens is 348 g/mol. The first-order valence-corrected chi connectivity index (χ1v) is 9.55. The molecular formula is C23H22N4O. The normalized spacial score (nSPS) is 15.1. The van der Waals surface area contributed by atoms with Crippen molar-refractivity contribution in [2.75, 3.05) is 13.1 Å². The van der Waals surface area contributed by atoms with Crippen LogP contribution in [0.25, 0.3) is 17.5 Å². The van der Waals surface area contributed by atoms with Gasteiger partial charge in [-0.15, -0.1) is 0 Å². The molecule has 0 aliphatic carbocycles. The molecule has 1 aromatic carbocycles. The van der Waals surface area contributed by atoms with Crippen LogP contribution in [-0.4, -0.2) is 38.8 Å².